The molecule has 16 nitrogen and oxygen atoms in total. The van der Waals surface area contributed by atoms with E-state index in [4.69, 9.17) is 9.72 Å². The van der Waals surface area contributed by atoms with Gasteiger partial charge in [0.05, 0.1) is 23.0 Å². The lowest BCUT2D eigenvalue weighted by Gasteiger charge is -2.36. The number of imide groups is 2. The number of nitrogens with one attached hydrogen (secondary N) is 3. The summed E-state index contributed by atoms with van der Waals surface area (Å²) in [5.41, 5.74) is 5.89. The largest absolute Gasteiger partial charge is 0.483 e. The van der Waals surface area contributed by atoms with Crippen molar-refractivity contribution in [3.05, 3.63) is 102 Å². The highest BCUT2D eigenvalue weighted by Crippen LogP contribution is 2.34. The zero-order valence-corrected chi connectivity index (χ0v) is 31.8. The highest BCUT2D eigenvalue weighted by Gasteiger charge is 2.46. The summed E-state index contributed by atoms with van der Waals surface area (Å²) in [6.07, 6.45) is 6.28. The molecule has 2 aromatic heterocycles. The molecule has 2 fully saturated rings. The third kappa shape index (κ3) is 7.68. The fourth-order valence-corrected chi connectivity index (χ4v) is 7.56. The Hall–Kier alpha value is -7.10. The minimum Gasteiger partial charge on any atom is -0.483 e. The third-order valence-corrected chi connectivity index (χ3v) is 10.5. The van der Waals surface area contributed by atoms with Gasteiger partial charge in [-0.25, -0.2) is 9.97 Å². The van der Waals surface area contributed by atoms with E-state index in [0.717, 1.165) is 33.2 Å². The number of anilines is 3. The predicted molar refractivity (Wildman–Crippen MR) is 213 cm³/mol. The van der Waals surface area contributed by atoms with E-state index in [9.17, 15) is 28.8 Å². The van der Waals surface area contributed by atoms with Crippen LogP contribution in [0.3, 0.4) is 0 Å². The quantitative estimate of drug-likeness (QED) is 0.124. The van der Waals surface area contributed by atoms with Crippen LogP contribution in [0.4, 0.5) is 17.2 Å². The molecule has 0 spiro atoms. The van der Waals surface area contributed by atoms with Gasteiger partial charge < -0.3 is 25.2 Å². The Bertz CT molecular complexity index is 2440. The number of aromatic nitrogens is 3. The van der Waals surface area contributed by atoms with Gasteiger partial charge in [-0.3, -0.25) is 43.4 Å². The lowest BCUT2D eigenvalue weighted by molar-refractivity contribution is -0.136. The first-order chi connectivity index (χ1) is 28.1. The number of ether oxygens (including phenoxy) is 1. The number of imidazole rings is 1. The molecule has 0 radical (unpaired) electrons. The van der Waals surface area contributed by atoms with E-state index in [1.165, 1.54) is 23.8 Å². The van der Waals surface area contributed by atoms with Crippen molar-refractivity contribution in [1.29, 1.82) is 0 Å². The SMILES string of the molecule is Cc1cccc(-c2cnc(Nc3ccc(N4CCN(C(=O)CCCNC(=O)COc5cccc6c5C(=O)N(C5CCC(=O)NC5=O)C6=O)CC4)cc3)c3nccn23)c1. The average molecular weight is 784 g/mol. The van der Waals surface area contributed by atoms with Gasteiger partial charge in [0, 0.05) is 74.9 Å². The molecule has 6 amide bonds. The van der Waals surface area contributed by atoms with Crippen LogP contribution in [0.25, 0.3) is 16.9 Å². The molecule has 1 atom stereocenters. The van der Waals surface area contributed by atoms with Gasteiger partial charge in [0.1, 0.15) is 11.8 Å². The van der Waals surface area contributed by atoms with Gasteiger partial charge in [0.15, 0.2) is 18.1 Å². The van der Waals surface area contributed by atoms with Gasteiger partial charge in [-0.15, -0.1) is 0 Å². The summed E-state index contributed by atoms with van der Waals surface area (Å²) in [5.74, 6) is -2.31. The molecule has 3 aromatic carbocycles. The van der Waals surface area contributed by atoms with E-state index in [1.807, 2.05) is 39.9 Å². The van der Waals surface area contributed by atoms with E-state index in [1.54, 1.807) is 6.20 Å². The van der Waals surface area contributed by atoms with Crippen molar-refractivity contribution >= 4 is 58.3 Å². The first-order valence-electron chi connectivity index (χ1n) is 19.2. The van der Waals surface area contributed by atoms with Crippen LogP contribution in [0.5, 0.6) is 5.75 Å². The Morgan fingerprint density at radius 2 is 1.72 bits per heavy atom. The molecule has 8 rings (SSSR count). The van der Waals surface area contributed by atoms with Crippen LogP contribution in [0.2, 0.25) is 0 Å². The fourth-order valence-electron chi connectivity index (χ4n) is 7.56. The van der Waals surface area contributed by atoms with Crippen molar-refractivity contribution in [3.8, 4) is 17.0 Å². The molecule has 1 unspecified atom stereocenters. The Labute approximate surface area is 333 Å². The van der Waals surface area contributed by atoms with Gasteiger partial charge in [-0.1, -0.05) is 29.8 Å². The van der Waals surface area contributed by atoms with Crippen LogP contribution in [-0.2, 0) is 19.2 Å². The lowest BCUT2D eigenvalue weighted by atomic mass is 10.0. The molecule has 0 aliphatic carbocycles. The number of fused-ring (bicyclic) bond motifs is 2. The Kier molecular flexibility index (Phi) is 10.5. The number of amides is 6. The second-order valence-electron chi connectivity index (χ2n) is 14.4. The Morgan fingerprint density at radius 3 is 2.50 bits per heavy atom. The highest BCUT2D eigenvalue weighted by molar-refractivity contribution is 6.24. The molecule has 5 aromatic rings. The zero-order chi connectivity index (χ0) is 40.3. The highest BCUT2D eigenvalue weighted by atomic mass is 16.5. The van der Waals surface area contributed by atoms with Crippen LogP contribution in [0, 0.1) is 6.92 Å². The molecule has 16 heteroatoms. The fraction of sp³-hybridized carbons (Fsp3) is 0.286. The summed E-state index contributed by atoms with van der Waals surface area (Å²) >= 11 is 0. The second-order valence-corrected chi connectivity index (χ2v) is 14.4. The maximum atomic E-state index is 13.3. The number of rotatable bonds is 12. The smallest absolute Gasteiger partial charge is 0.266 e. The molecule has 0 saturated carbocycles. The summed E-state index contributed by atoms with van der Waals surface area (Å²) in [6, 6.07) is 19.7. The summed E-state index contributed by atoms with van der Waals surface area (Å²) < 4.78 is 7.67. The minimum atomic E-state index is -1.11. The molecule has 5 heterocycles. The maximum absolute atomic E-state index is 13.3. The Balaban J connectivity index is 0.764. The summed E-state index contributed by atoms with van der Waals surface area (Å²) in [4.78, 5) is 90.0. The van der Waals surface area contributed by atoms with Crippen LogP contribution >= 0.6 is 0 Å². The van der Waals surface area contributed by atoms with Crippen molar-refractivity contribution in [2.45, 2.75) is 38.6 Å². The standard InChI is InChI=1S/C42H41N9O7/c1-26-5-2-6-27(23-26)32-24-45-38(39-44-17-18-50(32)39)46-28-10-12-29(13-11-28)48-19-21-49(22-20-48)36(54)9-4-16-43-35(53)25-58-33-8-3-7-30-37(33)42(57)51(41(30)56)31-14-15-34(52)47-40(31)55/h2-3,5-8,10-13,17-18,23-24,31H,4,9,14-16,19-22,25H2,1H3,(H,43,53)(H,45,46)(H,47,52,55). The van der Waals surface area contributed by atoms with Crippen molar-refractivity contribution in [2.24, 2.45) is 0 Å². The zero-order valence-electron chi connectivity index (χ0n) is 31.8. The van der Waals surface area contributed by atoms with Crippen molar-refractivity contribution < 1.29 is 33.5 Å². The molecule has 2 saturated heterocycles. The van der Waals surface area contributed by atoms with Gasteiger partial charge in [-0.2, -0.15) is 0 Å². The van der Waals surface area contributed by atoms with E-state index in [-0.39, 0.29) is 48.6 Å². The molecular formula is C42H41N9O7. The Morgan fingerprint density at radius 1 is 0.931 bits per heavy atom. The number of aryl methyl sites for hydroxylation is 1. The minimum absolute atomic E-state index is 0.00595. The van der Waals surface area contributed by atoms with E-state index in [0.29, 0.717) is 38.4 Å². The monoisotopic (exact) mass is 783 g/mol. The molecule has 0 bridgehead atoms. The molecule has 296 valence electrons. The number of piperidine rings is 1. The number of hydrogen-bond donors (Lipinski definition) is 3. The molecule has 3 aliphatic rings. The van der Waals surface area contributed by atoms with Gasteiger partial charge in [-0.05, 0) is 62.2 Å². The summed E-state index contributed by atoms with van der Waals surface area (Å²) in [7, 11) is 0. The average Bonchev–Trinajstić information content (AvgIpc) is 3.82. The number of nitrogens with zero attached hydrogens (tertiary/aromatic N) is 6. The van der Waals surface area contributed by atoms with Crippen LogP contribution in [0.15, 0.2) is 85.3 Å². The molecule has 58 heavy (non-hydrogen) atoms. The maximum Gasteiger partial charge on any atom is 0.266 e. The molecular weight excluding hydrogens is 743 g/mol. The van der Waals surface area contributed by atoms with Crippen LogP contribution in [0.1, 0.15) is 52.0 Å². The first-order valence-corrected chi connectivity index (χ1v) is 19.2. The van der Waals surface area contributed by atoms with Crippen molar-refractivity contribution in [2.75, 3.05) is 49.5 Å². The van der Waals surface area contributed by atoms with Gasteiger partial charge in [0.25, 0.3) is 17.7 Å². The molecule has 3 N–H and O–H groups in total. The number of benzene rings is 3. The van der Waals surface area contributed by atoms with Gasteiger partial charge >= 0.3 is 0 Å². The van der Waals surface area contributed by atoms with Crippen molar-refractivity contribution in [1.82, 2.24) is 34.8 Å². The summed E-state index contributed by atoms with van der Waals surface area (Å²) in [6.45, 7) is 4.43. The van der Waals surface area contributed by atoms with Crippen LogP contribution in [-0.4, -0.2) is 105 Å². The number of carbonyl (C=O) groups excluding carboxylic acids is 6. The topological polar surface area (TPSA) is 188 Å². The summed E-state index contributed by atoms with van der Waals surface area (Å²) in [5, 5.41) is 8.30. The normalized spacial score (nSPS) is 16.7. The number of carbonyl (C=O) groups is 6. The lowest BCUT2D eigenvalue weighted by Crippen LogP contribution is -2.54. The predicted octanol–water partition coefficient (Wildman–Crippen LogP) is 3.47. The molecule has 3 aliphatic heterocycles. The van der Waals surface area contributed by atoms with E-state index >= 15 is 0 Å². The van der Waals surface area contributed by atoms with E-state index in [2.05, 4.69) is 63.1 Å². The number of piperazine rings is 1. The third-order valence-electron chi connectivity index (χ3n) is 10.5. The first kappa shape index (κ1) is 37.8. The van der Waals surface area contributed by atoms with Crippen molar-refractivity contribution in [3.63, 3.8) is 0 Å². The second kappa shape index (κ2) is 16.2. The van der Waals surface area contributed by atoms with Crippen LogP contribution < -0.4 is 25.6 Å². The van der Waals surface area contributed by atoms with Gasteiger partial charge in [0.2, 0.25) is 17.7 Å². The number of hydrogen-bond acceptors (Lipinski definition) is 11. The van der Waals surface area contributed by atoms with E-state index < -0.39 is 42.2 Å².